The molecule has 10 heteroatoms. The molecule has 1 N–H and O–H groups in total. The fourth-order valence-electron chi connectivity index (χ4n) is 3.57. The summed E-state index contributed by atoms with van der Waals surface area (Å²) < 4.78 is 6.80. The first-order valence-electron chi connectivity index (χ1n) is 10.1. The molecule has 164 valence electrons. The molecular weight excluding hydrogens is 414 g/mol. The topological polar surface area (TPSA) is 120 Å². The number of ether oxygens (including phenoxy) is 1. The van der Waals surface area contributed by atoms with Crippen molar-refractivity contribution in [3.8, 4) is 11.4 Å². The molecule has 2 aromatic carbocycles. The van der Waals surface area contributed by atoms with Crippen LogP contribution < -0.4 is 15.0 Å². The smallest absolute Gasteiger partial charge is 0.276 e. The van der Waals surface area contributed by atoms with Crippen LogP contribution in [0.5, 0.6) is 5.75 Å². The maximum atomic E-state index is 12.7. The van der Waals surface area contributed by atoms with Gasteiger partial charge in [0.25, 0.3) is 11.6 Å². The van der Waals surface area contributed by atoms with E-state index >= 15 is 0 Å². The Morgan fingerprint density at radius 3 is 2.78 bits per heavy atom. The van der Waals surface area contributed by atoms with E-state index in [1.807, 2.05) is 0 Å². The molecule has 10 nitrogen and oxygen atoms in total. The Balaban J connectivity index is 1.55. The minimum Gasteiger partial charge on any atom is -0.495 e. The fourth-order valence-corrected chi connectivity index (χ4v) is 3.57. The van der Waals surface area contributed by atoms with Gasteiger partial charge in [0, 0.05) is 37.0 Å². The third-order valence-electron chi connectivity index (χ3n) is 5.18. The number of anilines is 2. The van der Waals surface area contributed by atoms with Crippen molar-refractivity contribution < 1.29 is 19.2 Å². The van der Waals surface area contributed by atoms with Crippen molar-refractivity contribution in [2.75, 3.05) is 23.9 Å². The quantitative estimate of drug-likeness (QED) is 0.467. The largest absolute Gasteiger partial charge is 0.495 e. The van der Waals surface area contributed by atoms with Gasteiger partial charge in [0.05, 0.1) is 23.4 Å². The summed E-state index contributed by atoms with van der Waals surface area (Å²) in [4.78, 5) is 37.3. The van der Waals surface area contributed by atoms with Gasteiger partial charge >= 0.3 is 0 Å². The molecule has 0 aliphatic carbocycles. The number of nitro benzene ring substituents is 1. The molecule has 2 heterocycles. The number of non-ortho nitro benzene ring substituents is 1. The molecule has 1 aliphatic heterocycles. The zero-order valence-electron chi connectivity index (χ0n) is 17.4. The number of carbonyl (C=O) groups excluding carboxylic acids is 2. The highest BCUT2D eigenvalue weighted by atomic mass is 16.6. The first-order chi connectivity index (χ1) is 15.5. The number of amides is 2. The van der Waals surface area contributed by atoms with Gasteiger partial charge in [-0.15, -0.1) is 0 Å². The Bertz CT molecular complexity index is 1190. The van der Waals surface area contributed by atoms with Gasteiger partial charge in [0.2, 0.25) is 5.91 Å². The molecule has 0 saturated carbocycles. The predicted octanol–water partition coefficient (Wildman–Crippen LogP) is 3.56. The SMILES string of the molecule is COc1ccc(NC(=O)c2ccn(-c3cccc([N+](=O)[O-])c3)n2)cc1N1CCCCC1=O. The number of methoxy groups -OCH3 is 1. The number of hydrogen-bond donors (Lipinski definition) is 1. The van der Waals surface area contributed by atoms with Gasteiger partial charge in [-0.05, 0) is 43.2 Å². The summed E-state index contributed by atoms with van der Waals surface area (Å²) >= 11 is 0. The summed E-state index contributed by atoms with van der Waals surface area (Å²) in [5, 5.41) is 18.0. The summed E-state index contributed by atoms with van der Waals surface area (Å²) in [5.74, 6) is 0.122. The van der Waals surface area contributed by atoms with E-state index < -0.39 is 10.8 Å². The van der Waals surface area contributed by atoms with E-state index in [-0.39, 0.29) is 17.3 Å². The van der Waals surface area contributed by atoms with Crippen molar-refractivity contribution in [1.29, 1.82) is 0 Å². The molecule has 3 aromatic rings. The summed E-state index contributed by atoms with van der Waals surface area (Å²) in [7, 11) is 1.53. The predicted molar refractivity (Wildman–Crippen MR) is 117 cm³/mol. The van der Waals surface area contributed by atoms with Crippen molar-refractivity contribution in [1.82, 2.24) is 9.78 Å². The number of nitrogens with one attached hydrogen (secondary N) is 1. The standard InChI is InChI=1S/C22H21N5O5/c1-32-20-9-8-15(13-19(20)25-11-3-2-7-21(25)28)23-22(29)18-10-12-26(24-18)16-5-4-6-17(14-16)27(30)31/h4-6,8-10,12-14H,2-3,7,11H2,1H3,(H,23,29). The zero-order valence-corrected chi connectivity index (χ0v) is 17.4. The molecule has 1 fully saturated rings. The van der Waals surface area contributed by atoms with Gasteiger partial charge in [-0.3, -0.25) is 19.7 Å². The van der Waals surface area contributed by atoms with Gasteiger partial charge in [-0.2, -0.15) is 5.10 Å². The van der Waals surface area contributed by atoms with Crippen LogP contribution in [0.25, 0.3) is 5.69 Å². The minimum absolute atomic E-state index is 0.0220. The number of nitro groups is 1. The van der Waals surface area contributed by atoms with E-state index in [0.29, 0.717) is 35.8 Å². The van der Waals surface area contributed by atoms with Crippen LogP contribution in [-0.2, 0) is 4.79 Å². The van der Waals surface area contributed by atoms with E-state index in [2.05, 4.69) is 10.4 Å². The fraction of sp³-hybridized carbons (Fsp3) is 0.227. The average molecular weight is 435 g/mol. The first-order valence-corrected chi connectivity index (χ1v) is 10.1. The van der Waals surface area contributed by atoms with Crippen molar-refractivity contribution >= 4 is 28.9 Å². The average Bonchev–Trinajstić information content (AvgIpc) is 3.30. The lowest BCUT2D eigenvalue weighted by molar-refractivity contribution is -0.384. The van der Waals surface area contributed by atoms with Crippen LogP contribution in [0.4, 0.5) is 17.1 Å². The van der Waals surface area contributed by atoms with Crippen LogP contribution in [0.15, 0.2) is 54.7 Å². The van der Waals surface area contributed by atoms with Crippen LogP contribution in [0.1, 0.15) is 29.8 Å². The highest BCUT2D eigenvalue weighted by Gasteiger charge is 2.23. The van der Waals surface area contributed by atoms with E-state index in [0.717, 1.165) is 12.8 Å². The zero-order chi connectivity index (χ0) is 22.7. The number of rotatable bonds is 6. The molecule has 1 aliphatic rings. The maximum absolute atomic E-state index is 12.7. The number of nitrogens with zero attached hydrogens (tertiary/aromatic N) is 4. The third-order valence-corrected chi connectivity index (χ3v) is 5.18. The summed E-state index contributed by atoms with van der Waals surface area (Å²) in [6.07, 6.45) is 3.80. The van der Waals surface area contributed by atoms with Crippen LogP contribution in [0.2, 0.25) is 0 Å². The van der Waals surface area contributed by atoms with Crippen LogP contribution in [-0.4, -0.2) is 40.2 Å². The Hall–Kier alpha value is -4.21. The second kappa shape index (κ2) is 8.88. The molecule has 0 bridgehead atoms. The highest BCUT2D eigenvalue weighted by Crippen LogP contribution is 2.33. The normalized spacial score (nSPS) is 13.7. The second-order valence-electron chi connectivity index (χ2n) is 7.27. The van der Waals surface area contributed by atoms with Gasteiger partial charge in [0.15, 0.2) is 5.69 Å². The molecule has 32 heavy (non-hydrogen) atoms. The molecule has 1 saturated heterocycles. The molecule has 4 rings (SSSR count). The lowest BCUT2D eigenvalue weighted by Crippen LogP contribution is -2.35. The Kier molecular flexibility index (Phi) is 5.84. The number of benzene rings is 2. The monoisotopic (exact) mass is 435 g/mol. The summed E-state index contributed by atoms with van der Waals surface area (Å²) in [6, 6.07) is 12.6. The minimum atomic E-state index is -0.491. The van der Waals surface area contributed by atoms with Gasteiger partial charge in [-0.1, -0.05) is 6.07 Å². The number of hydrogen-bond acceptors (Lipinski definition) is 6. The van der Waals surface area contributed by atoms with Crippen molar-refractivity contribution in [2.45, 2.75) is 19.3 Å². The number of carbonyl (C=O) groups is 2. The van der Waals surface area contributed by atoms with Crippen molar-refractivity contribution in [3.63, 3.8) is 0 Å². The van der Waals surface area contributed by atoms with Crippen molar-refractivity contribution in [3.05, 3.63) is 70.5 Å². The Morgan fingerprint density at radius 1 is 1.19 bits per heavy atom. The lowest BCUT2D eigenvalue weighted by atomic mass is 10.1. The molecule has 0 atom stereocenters. The number of piperidine rings is 1. The number of aromatic nitrogens is 2. The summed E-state index contributed by atoms with van der Waals surface area (Å²) in [5.41, 5.74) is 1.64. The van der Waals surface area contributed by atoms with E-state index in [1.54, 1.807) is 41.4 Å². The van der Waals surface area contributed by atoms with Gasteiger partial charge < -0.3 is 15.0 Å². The molecular formula is C22H21N5O5. The Morgan fingerprint density at radius 2 is 2.03 bits per heavy atom. The van der Waals surface area contributed by atoms with E-state index in [1.165, 1.54) is 30.0 Å². The van der Waals surface area contributed by atoms with E-state index in [4.69, 9.17) is 4.74 Å². The highest BCUT2D eigenvalue weighted by molar-refractivity contribution is 6.04. The second-order valence-corrected chi connectivity index (χ2v) is 7.27. The molecule has 0 radical (unpaired) electrons. The Labute approximate surface area is 183 Å². The molecule has 0 spiro atoms. The summed E-state index contributed by atoms with van der Waals surface area (Å²) in [6.45, 7) is 0.597. The van der Waals surface area contributed by atoms with Gasteiger partial charge in [0.1, 0.15) is 5.75 Å². The van der Waals surface area contributed by atoms with Crippen LogP contribution in [0.3, 0.4) is 0 Å². The lowest BCUT2D eigenvalue weighted by Gasteiger charge is -2.28. The van der Waals surface area contributed by atoms with Gasteiger partial charge in [-0.25, -0.2) is 4.68 Å². The molecule has 0 unspecified atom stereocenters. The molecule has 1 aromatic heterocycles. The van der Waals surface area contributed by atoms with Crippen LogP contribution >= 0.6 is 0 Å². The maximum Gasteiger partial charge on any atom is 0.276 e. The third kappa shape index (κ3) is 4.29. The van der Waals surface area contributed by atoms with Crippen LogP contribution in [0, 0.1) is 10.1 Å². The molecule has 2 amide bonds. The van der Waals surface area contributed by atoms with E-state index in [9.17, 15) is 19.7 Å². The van der Waals surface area contributed by atoms with Crippen molar-refractivity contribution in [2.24, 2.45) is 0 Å². The first kappa shape index (κ1) is 21.0.